The van der Waals surface area contributed by atoms with Crippen molar-refractivity contribution in [3.8, 4) is 0 Å². The number of thioether (sulfide) groups is 1. The van der Waals surface area contributed by atoms with E-state index in [9.17, 15) is 4.79 Å². The predicted molar refractivity (Wildman–Crippen MR) is 106 cm³/mol. The van der Waals surface area contributed by atoms with Crippen LogP contribution >= 0.6 is 11.8 Å². The van der Waals surface area contributed by atoms with E-state index in [4.69, 9.17) is 0 Å². The molecule has 1 heterocycles. The minimum Gasteiger partial charge on any atom is -0.373 e. The Kier molecular flexibility index (Phi) is 5.66. The Morgan fingerprint density at radius 2 is 2.04 bits per heavy atom. The molecule has 0 saturated heterocycles. The van der Waals surface area contributed by atoms with Gasteiger partial charge < -0.3 is 10.2 Å². The van der Waals surface area contributed by atoms with E-state index in [1.54, 1.807) is 11.8 Å². The van der Waals surface area contributed by atoms with Gasteiger partial charge in [0.15, 0.2) is 0 Å². The molecule has 0 unspecified atom stereocenters. The van der Waals surface area contributed by atoms with Crippen molar-refractivity contribution in [1.82, 2.24) is 4.90 Å². The zero-order chi connectivity index (χ0) is 17.8. The van der Waals surface area contributed by atoms with Crippen molar-refractivity contribution in [2.45, 2.75) is 24.4 Å². The Labute approximate surface area is 154 Å². The van der Waals surface area contributed by atoms with Gasteiger partial charge in [0.25, 0.3) is 0 Å². The topological polar surface area (TPSA) is 35.6 Å². The Morgan fingerprint density at radius 1 is 1.24 bits per heavy atom. The number of hydrogen-bond donors (Lipinski definition) is 1. The second-order valence-corrected chi connectivity index (χ2v) is 7.42. The smallest absolute Gasteiger partial charge is 0.238 e. The summed E-state index contributed by atoms with van der Waals surface area (Å²) in [5, 5.41) is 3.03. The van der Waals surface area contributed by atoms with Crippen molar-refractivity contribution in [3.63, 3.8) is 0 Å². The molecule has 1 atom stereocenters. The molecule has 0 fully saturated rings. The van der Waals surface area contributed by atoms with Crippen LogP contribution in [0.5, 0.6) is 0 Å². The zero-order valence-corrected chi connectivity index (χ0v) is 15.8. The highest BCUT2D eigenvalue weighted by atomic mass is 32.2. The number of benzene rings is 2. The van der Waals surface area contributed by atoms with Crippen molar-refractivity contribution < 1.29 is 4.79 Å². The molecule has 3 rings (SSSR count). The summed E-state index contributed by atoms with van der Waals surface area (Å²) in [7, 11) is 2.12. The summed E-state index contributed by atoms with van der Waals surface area (Å²) in [5.41, 5.74) is 3.38. The van der Waals surface area contributed by atoms with Crippen LogP contribution in [0.25, 0.3) is 0 Å². The van der Waals surface area contributed by atoms with Gasteiger partial charge in [-0.15, -0.1) is 11.8 Å². The highest BCUT2D eigenvalue weighted by molar-refractivity contribution is 7.98. The van der Waals surface area contributed by atoms with Crippen molar-refractivity contribution in [2.75, 3.05) is 36.6 Å². The van der Waals surface area contributed by atoms with E-state index in [0.717, 1.165) is 23.7 Å². The molecule has 1 N–H and O–H groups in total. The van der Waals surface area contributed by atoms with Gasteiger partial charge in [-0.1, -0.05) is 24.3 Å². The molecule has 4 nitrogen and oxygen atoms in total. The first-order valence-corrected chi connectivity index (χ1v) is 9.76. The molecular weight excluding hydrogens is 330 g/mol. The van der Waals surface area contributed by atoms with Crippen LogP contribution in [0.15, 0.2) is 53.4 Å². The molecule has 1 aliphatic rings. The van der Waals surface area contributed by atoms with Gasteiger partial charge in [0, 0.05) is 42.4 Å². The lowest BCUT2D eigenvalue weighted by molar-refractivity contribution is -0.117. The average Bonchev–Trinajstić information content (AvgIpc) is 2.72. The van der Waals surface area contributed by atoms with E-state index in [-0.39, 0.29) is 5.91 Å². The Bertz CT molecular complexity index is 749. The maximum atomic E-state index is 12.6. The lowest BCUT2D eigenvalue weighted by Gasteiger charge is -2.27. The van der Waals surface area contributed by atoms with Crippen molar-refractivity contribution in [3.05, 3.63) is 54.1 Å². The summed E-state index contributed by atoms with van der Waals surface area (Å²) in [4.78, 5) is 18.2. The van der Waals surface area contributed by atoms with Crippen LogP contribution in [0.1, 0.15) is 12.5 Å². The maximum Gasteiger partial charge on any atom is 0.238 e. The van der Waals surface area contributed by atoms with Crippen molar-refractivity contribution >= 4 is 29.0 Å². The normalized spacial score (nSPS) is 17.7. The van der Waals surface area contributed by atoms with Crippen LogP contribution < -0.4 is 10.2 Å². The lowest BCUT2D eigenvalue weighted by Crippen LogP contribution is -2.42. The monoisotopic (exact) mass is 355 g/mol. The van der Waals surface area contributed by atoms with Crippen molar-refractivity contribution in [1.29, 1.82) is 0 Å². The summed E-state index contributed by atoms with van der Waals surface area (Å²) in [6.45, 7) is 4.28. The molecule has 0 bridgehead atoms. The molecule has 0 radical (unpaired) electrons. The summed E-state index contributed by atoms with van der Waals surface area (Å²) < 4.78 is 0. The molecule has 0 spiro atoms. The fraction of sp³-hybridized carbons (Fsp3) is 0.350. The number of amides is 1. The van der Waals surface area contributed by atoms with Gasteiger partial charge in [-0.3, -0.25) is 9.69 Å². The van der Waals surface area contributed by atoms with E-state index in [1.165, 1.54) is 11.3 Å². The second kappa shape index (κ2) is 7.93. The molecule has 5 heteroatoms. The summed E-state index contributed by atoms with van der Waals surface area (Å²) in [6, 6.07) is 16.7. The van der Waals surface area contributed by atoms with E-state index in [1.807, 2.05) is 30.5 Å². The molecule has 2 aromatic carbocycles. The van der Waals surface area contributed by atoms with E-state index in [0.29, 0.717) is 12.6 Å². The lowest BCUT2D eigenvalue weighted by atomic mass is 10.1. The van der Waals surface area contributed by atoms with Crippen LogP contribution in [-0.2, 0) is 11.3 Å². The quantitative estimate of drug-likeness (QED) is 0.849. The Morgan fingerprint density at radius 3 is 2.84 bits per heavy atom. The first-order valence-electron chi connectivity index (χ1n) is 8.54. The van der Waals surface area contributed by atoms with Crippen LogP contribution in [0.3, 0.4) is 0 Å². The van der Waals surface area contributed by atoms with Gasteiger partial charge in [0.1, 0.15) is 0 Å². The maximum absolute atomic E-state index is 12.6. The van der Waals surface area contributed by atoms with Crippen molar-refractivity contribution in [2.24, 2.45) is 0 Å². The number of likely N-dealkylation sites (N-methyl/N-ethyl adjacent to an activating group) is 1. The third-order valence-electron chi connectivity index (χ3n) is 4.64. The molecule has 2 aromatic rings. The molecular formula is C20H25N3OS. The average molecular weight is 356 g/mol. The summed E-state index contributed by atoms with van der Waals surface area (Å²) >= 11 is 1.67. The fourth-order valence-corrected chi connectivity index (χ4v) is 3.76. The van der Waals surface area contributed by atoms with Gasteiger partial charge in [-0.05, 0) is 43.0 Å². The number of carbonyl (C=O) groups is 1. The molecule has 0 aromatic heterocycles. The van der Waals surface area contributed by atoms with Gasteiger partial charge >= 0.3 is 0 Å². The third-order valence-corrected chi connectivity index (χ3v) is 5.36. The molecule has 0 aliphatic carbocycles. The number of carbonyl (C=O) groups excluding carboxylic acids is 1. The number of nitrogens with one attached hydrogen (secondary N) is 1. The number of hydrogen-bond acceptors (Lipinski definition) is 4. The number of rotatable bonds is 4. The largest absolute Gasteiger partial charge is 0.373 e. The van der Waals surface area contributed by atoms with Gasteiger partial charge in [-0.2, -0.15) is 0 Å². The molecule has 0 saturated carbocycles. The standard InChI is InChI=1S/C20H25N3OS/c1-15-12-22(2)19-10-5-4-7-16(19)13-23(15)14-20(24)21-17-8-6-9-18(11-17)25-3/h4-11,15H,12-14H2,1-3H3,(H,21,24)/t15-/m1/s1. The molecule has 25 heavy (non-hydrogen) atoms. The highest BCUT2D eigenvalue weighted by Crippen LogP contribution is 2.26. The van der Waals surface area contributed by atoms with Gasteiger partial charge in [0.2, 0.25) is 5.91 Å². The Hall–Kier alpha value is -1.98. The van der Waals surface area contributed by atoms with Crippen LogP contribution in [0.4, 0.5) is 11.4 Å². The minimum absolute atomic E-state index is 0.0344. The molecule has 1 aliphatic heterocycles. The van der Waals surface area contributed by atoms with Crippen LogP contribution in [-0.4, -0.2) is 43.2 Å². The summed E-state index contributed by atoms with van der Waals surface area (Å²) in [5.74, 6) is 0.0344. The SMILES string of the molecule is CSc1cccc(NC(=O)CN2Cc3ccccc3N(C)C[C@H]2C)c1. The van der Waals surface area contributed by atoms with Crippen LogP contribution in [0, 0.1) is 0 Å². The predicted octanol–water partition coefficient (Wildman–Crippen LogP) is 3.69. The highest BCUT2D eigenvalue weighted by Gasteiger charge is 2.24. The number of fused-ring (bicyclic) bond motifs is 1. The first kappa shape index (κ1) is 17.8. The van der Waals surface area contributed by atoms with Gasteiger partial charge in [-0.25, -0.2) is 0 Å². The van der Waals surface area contributed by atoms with Crippen LogP contribution in [0.2, 0.25) is 0 Å². The summed E-state index contributed by atoms with van der Waals surface area (Å²) in [6.07, 6.45) is 2.04. The number of nitrogens with zero attached hydrogens (tertiary/aromatic N) is 2. The third kappa shape index (κ3) is 4.35. The number of anilines is 2. The van der Waals surface area contributed by atoms with E-state index in [2.05, 4.69) is 53.4 Å². The number of para-hydroxylation sites is 1. The minimum atomic E-state index is 0.0344. The first-order chi connectivity index (χ1) is 12.1. The zero-order valence-electron chi connectivity index (χ0n) is 15.0. The fourth-order valence-electron chi connectivity index (χ4n) is 3.30. The van der Waals surface area contributed by atoms with Gasteiger partial charge in [0.05, 0.1) is 6.54 Å². The van der Waals surface area contributed by atoms with E-state index < -0.39 is 0 Å². The second-order valence-electron chi connectivity index (χ2n) is 6.54. The Balaban J connectivity index is 1.70. The van der Waals surface area contributed by atoms with E-state index >= 15 is 0 Å². The molecule has 1 amide bonds. The molecule has 132 valence electrons.